The van der Waals surface area contributed by atoms with Gasteiger partial charge in [-0.05, 0) is 49.2 Å². The fourth-order valence-electron chi connectivity index (χ4n) is 3.15. The van der Waals surface area contributed by atoms with Crippen molar-refractivity contribution in [2.24, 2.45) is 0 Å². The summed E-state index contributed by atoms with van der Waals surface area (Å²) in [6, 6.07) is 12.9. The lowest BCUT2D eigenvalue weighted by Crippen LogP contribution is -2.32. The third-order valence-corrected chi connectivity index (χ3v) is 6.99. The van der Waals surface area contributed by atoms with Gasteiger partial charge in [0.2, 0.25) is 0 Å². The van der Waals surface area contributed by atoms with Crippen molar-refractivity contribution < 1.29 is 13.2 Å². The zero-order valence-electron chi connectivity index (χ0n) is 17.7. The number of aromatic nitrogens is 2. The van der Waals surface area contributed by atoms with E-state index >= 15 is 0 Å². The van der Waals surface area contributed by atoms with Gasteiger partial charge in [-0.2, -0.15) is 5.10 Å². The minimum atomic E-state index is -4.02. The Kier molecular flexibility index (Phi) is 7.71. The van der Waals surface area contributed by atoms with Gasteiger partial charge in [-0.15, -0.1) is 6.58 Å². The Balaban J connectivity index is 1.76. The highest BCUT2D eigenvalue weighted by Crippen LogP contribution is 2.29. The maximum atomic E-state index is 13.4. The highest BCUT2D eigenvalue weighted by molar-refractivity contribution is 7.93. The van der Waals surface area contributed by atoms with Crippen LogP contribution in [0.2, 0.25) is 5.02 Å². The molecule has 0 saturated carbocycles. The second-order valence-corrected chi connectivity index (χ2v) is 9.43. The first-order chi connectivity index (χ1) is 15.3. The van der Waals surface area contributed by atoms with Gasteiger partial charge in [0.25, 0.3) is 15.9 Å². The summed E-state index contributed by atoms with van der Waals surface area (Å²) in [7, 11) is -4.02. The Bertz CT molecular complexity index is 1190. The summed E-state index contributed by atoms with van der Waals surface area (Å²) >= 11 is 6.24. The minimum Gasteiger partial charge on any atom is -0.352 e. The lowest BCUT2D eigenvalue weighted by atomic mass is 10.2. The molecule has 2 aromatic carbocycles. The van der Waals surface area contributed by atoms with E-state index in [1.165, 1.54) is 28.6 Å². The van der Waals surface area contributed by atoms with Crippen molar-refractivity contribution in [1.29, 1.82) is 0 Å². The molecule has 1 amide bonds. The number of rotatable bonds is 10. The molecule has 0 spiro atoms. The van der Waals surface area contributed by atoms with Crippen LogP contribution in [0.4, 0.5) is 5.69 Å². The van der Waals surface area contributed by atoms with Crippen LogP contribution in [-0.4, -0.2) is 37.2 Å². The van der Waals surface area contributed by atoms with E-state index in [1.54, 1.807) is 36.5 Å². The average Bonchev–Trinajstić information content (AvgIpc) is 3.20. The fraction of sp³-hybridized carbons (Fsp3) is 0.217. The molecule has 0 atom stereocenters. The molecule has 0 saturated heterocycles. The van der Waals surface area contributed by atoms with Crippen LogP contribution in [-0.2, 0) is 16.6 Å². The highest BCUT2D eigenvalue weighted by atomic mass is 35.5. The SMILES string of the molecule is C=CCN(c1ccccc1)S(=O)(=O)c1cc(C(=O)NCCCn2cc(C)cn2)ccc1Cl. The smallest absolute Gasteiger partial charge is 0.266 e. The third kappa shape index (κ3) is 5.57. The van der Waals surface area contributed by atoms with E-state index in [0.29, 0.717) is 25.2 Å². The number of carbonyl (C=O) groups excluding carboxylic acids is 1. The molecule has 1 aromatic heterocycles. The van der Waals surface area contributed by atoms with Crippen LogP contribution < -0.4 is 9.62 Å². The summed E-state index contributed by atoms with van der Waals surface area (Å²) in [6.45, 7) is 6.78. The van der Waals surface area contributed by atoms with Crippen molar-refractivity contribution in [2.75, 3.05) is 17.4 Å². The molecule has 1 N–H and O–H groups in total. The molecule has 0 radical (unpaired) electrons. The normalized spacial score (nSPS) is 11.2. The number of benzene rings is 2. The number of nitrogens with one attached hydrogen (secondary N) is 1. The molecule has 9 heteroatoms. The van der Waals surface area contributed by atoms with Gasteiger partial charge in [0.1, 0.15) is 4.90 Å². The highest BCUT2D eigenvalue weighted by Gasteiger charge is 2.27. The Morgan fingerprint density at radius 2 is 2.00 bits per heavy atom. The topological polar surface area (TPSA) is 84.3 Å². The zero-order chi connectivity index (χ0) is 23.1. The van der Waals surface area contributed by atoms with Gasteiger partial charge in [-0.3, -0.25) is 13.8 Å². The Morgan fingerprint density at radius 3 is 2.66 bits per heavy atom. The van der Waals surface area contributed by atoms with Crippen molar-refractivity contribution in [3.05, 3.63) is 89.7 Å². The summed E-state index contributed by atoms with van der Waals surface area (Å²) < 4.78 is 29.8. The van der Waals surface area contributed by atoms with Crippen molar-refractivity contribution in [3.63, 3.8) is 0 Å². The first kappa shape index (κ1) is 23.6. The van der Waals surface area contributed by atoms with Crippen LogP contribution in [0.3, 0.4) is 0 Å². The van der Waals surface area contributed by atoms with Gasteiger partial charge in [-0.25, -0.2) is 8.42 Å². The van der Waals surface area contributed by atoms with Crippen LogP contribution >= 0.6 is 11.6 Å². The maximum Gasteiger partial charge on any atom is 0.266 e. The van der Waals surface area contributed by atoms with Crippen molar-refractivity contribution in [3.8, 4) is 0 Å². The van der Waals surface area contributed by atoms with Gasteiger partial charge in [-0.1, -0.05) is 35.9 Å². The van der Waals surface area contributed by atoms with E-state index in [4.69, 9.17) is 11.6 Å². The molecule has 168 valence electrons. The predicted octanol–water partition coefficient (Wildman–Crippen LogP) is 4.05. The summed E-state index contributed by atoms with van der Waals surface area (Å²) in [6.07, 6.45) is 5.89. The number of hydrogen-bond donors (Lipinski definition) is 1. The molecule has 0 aliphatic rings. The predicted molar refractivity (Wildman–Crippen MR) is 127 cm³/mol. The number of nitrogens with zero attached hydrogens (tertiary/aromatic N) is 3. The van der Waals surface area contributed by atoms with Crippen molar-refractivity contribution >= 4 is 33.2 Å². The van der Waals surface area contributed by atoms with Crippen molar-refractivity contribution in [1.82, 2.24) is 15.1 Å². The molecule has 0 bridgehead atoms. The maximum absolute atomic E-state index is 13.4. The van der Waals surface area contributed by atoms with Gasteiger partial charge in [0.15, 0.2) is 0 Å². The van der Waals surface area contributed by atoms with Gasteiger partial charge in [0, 0.05) is 24.8 Å². The summed E-state index contributed by atoms with van der Waals surface area (Å²) in [5, 5.41) is 7.06. The van der Waals surface area contributed by atoms with Crippen LogP contribution in [0.25, 0.3) is 0 Å². The Morgan fingerprint density at radius 1 is 1.25 bits per heavy atom. The van der Waals surface area contributed by atoms with Crippen LogP contribution in [0.1, 0.15) is 22.3 Å². The first-order valence-electron chi connectivity index (χ1n) is 10.1. The molecule has 32 heavy (non-hydrogen) atoms. The van der Waals surface area contributed by atoms with Crippen LogP contribution in [0.15, 0.2) is 78.5 Å². The van der Waals surface area contributed by atoms with Crippen LogP contribution in [0, 0.1) is 6.92 Å². The minimum absolute atomic E-state index is 0.0422. The lowest BCUT2D eigenvalue weighted by Gasteiger charge is -2.24. The monoisotopic (exact) mass is 472 g/mol. The van der Waals surface area contributed by atoms with E-state index in [2.05, 4.69) is 17.0 Å². The third-order valence-electron chi connectivity index (χ3n) is 4.71. The second kappa shape index (κ2) is 10.5. The van der Waals surface area contributed by atoms with Gasteiger partial charge < -0.3 is 5.32 Å². The zero-order valence-corrected chi connectivity index (χ0v) is 19.3. The number of aryl methyl sites for hydroxylation is 2. The number of carbonyl (C=O) groups is 1. The number of anilines is 1. The molecule has 7 nitrogen and oxygen atoms in total. The molecule has 3 rings (SSSR count). The number of amides is 1. The second-order valence-electron chi connectivity index (χ2n) is 7.20. The van der Waals surface area contributed by atoms with Gasteiger partial charge in [0.05, 0.1) is 23.5 Å². The standard InChI is InChI=1S/C23H25ClN4O3S/c1-3-13-28(20-8-5-4-6-9-20)32(30,31)22-15-19(10-11-21(22)24)23(29)25-12-7-14-27-17-18(2)16-26-27/h3-6,8-11,15-17H,1,7,12-14H2,2H3,(H,25,29). The summed E-state index contributed by atoms with van der Waals surface area (Å²) in [5.74, 6) is -0.371. The fourth-order valence-corrected chi connectivity index (χ4v) is 5.09. The van der Waals surface area contributed by atoms with Crippen LogP contribution in [0.5, 0.6) is 0 Å². The van der Waals surface area contributed by atoms with Gasteiger partial charge >= 0.3 is 0 Å². The summed E-state index contributed by atoms with van der Waals surface area (Å²) in [5.41, 5.74) is 1.77. The largest absolute Gasteiger partial charge is 0.352 e. The summed E-state index contributed by atoms with van der Waals surface area (Å²) in [4.78, 5) is 12.5. The number of halogens is 1. The molecule has 0 unspecified atom stereocenters. The molecule has 0 aliphatic heterocycles. The molecule has 3 aromatic rings. The van der Waals surface area contributed by atoms with E-state index in [1.807, 2.05) is 17.8 Å². The molecule has 1 heterocycles. The van der Waals surface area contributed by atoms with E-state index in [0.717, 1.165) is 5.56 Å². The van der Waals surface area contributed by atoms with Crippen molar-refractivity contribution in [2.45, 2.75) is 24.8 Å². The average molecular weight is 473 g/mol. The molecule has 0 fully saturated rings. The lowest BCUT2D eigenvalue weighted by molar-refractivity contribution is 0.0952. The number of para-hydroxylation sites is 1. The quantitative estimate of drug-likeness (QED) is 0.356. The van der Waals surface area contributed by atoms with E-state index in [-0.39, 0.29) is 27.9 Å². The van der Waals surface area contributed by atoms with E-state index < -0.39 is 10.0 Å². The Labute approximate surface area is 193 Å². The number of sulfonamides is 1. The molecular formula is C23H25ClN4O3S. The number of hydrogen-bond acceptors (Lipinski definition) is 4. The van der Waals surface area contributed by atoms with E-state index in [9.17, 15) is 13.2 Å². The Hall–Kier alpha value is -3.10. The first-order valence-corrected chi connectivity index (χ1v) is 11.9. The molecular weight excluding hydrogens is 448 g/mol. The molecule has 0 aliphatic carbocycles.